The molecule has 3 nitrogen and oxygen atoms in total. The van der Waals surface area contributed by atoms with E-state index >= 15 is 0 Å². The summed E-state index contributed by atoms with van der Waals surface area (Å²) in [5.41, 5.74) is 2.48. The van der Waals surface area contributed by atoms with Gasteiger partial charge in [-0.15, -0.1) is 0 Å². The molecule has 3 heteroatoms. The summed E-state index contributed by atoms with van der Waals surface area (Å²) in [6.07, 6.45) is 5.02. The average Bonchev–Trinajstić information content (AvgIpc) is 2.90. The van der Waals surface area contributed by atoms with Crippen molar-refractivity contribution in [2.24, 2.45) is 5.92 Å². The van der Waals surface area contributed by atoms with Gasteiger partial charge < -0.3 is 4.90 Å². The quantitative estimate of drug-likeness (QED) is 0.759. The summed E-state index contributed by atoms with van der Waals surface area (Å²) < 4.78 is 0. The summed E-state index contributed by atoms with van der Waals surface area (Å²) in [4.78, 5) is 11.7. The Balaban J connectivity index is 1.94. The van der Waals surface area contributed by atoms with Gasteiger partial charge in [0.1, 0.15) is 0 Å². The van der Waals surface area contributed by atoms with E-state index in [1.165, 1.54) is 37.4 Å². The van der Waals surface area contributed by atoms with Crippen molar-refractivity contribution in [1.29, 1.82) is 0 Å². The smallest absolute Gasteiger partial charge is 0.0668 e. The monoisotopic (exact) mass is 217 g/mol. The van der Waals surface area contributed by atoms with Crippen LogP contribution in [0.3, 0.4) is 0 Å². The van der Waals surface area contributed by atoms with Crippen molar-refractivity contribution >= 4 is 0 Å². The molecule has 0 aromatic carbocycles. The summed E-state index contributed by atoms with van der Waals surface area (Å²) in [6.45, 7) is 8.18. The van der Waals surface area contributed by atoms with E-state index in [2.05, 4.69) is 28.7 Å². The molecule has 0 amide bonds. The van der Waals surface area contributed by atoms with Gasteiger partial charge in [-0.1, -0.05) is 13.8 Å². The van der Waals surface area contributed by atoms with Gasteiger partial charge in [0.25, 0.3) is 0 Å². The van der Waals surface area contributed by atoms with E-state index in [4.69, 9.17) is 0 Å². The number of nitrogens with zero attached hydrogens (tertiary/aromatic N) is 3. The van der Waals surface area contributed by atoms with Crippen LogP contribution in [0.1, 0.15) is 43.5 Å². The van der Waals surface area contributed by atoms with Gasteiger partial charge in [0, 0.05) is 31.4 Å². The summed E-state index contributed by atoms with van der Waals surface area (Å²) in [7, 11) is 0. The molecule has 1 aromatic rings. The number of piperidine rings is 1. The minimum absolute atomic E-state index is 0.484. The summed E-state index contributed by atoms with van der Waals surface area (Å²) in [6, 6.07) is 0. The lowest BCUT2D eigenvalue weighted by atomic mass is 9.87. The van der Waals surface area contributed by atoms with Crippen molar-refractivity contribution < 1.29 is 0 Å². The van der Waals surface area contributed by atoms with Gasteiger partial charge in [0.2, 0.25) is 0 Å². The number of fused-ring (bicyclic) bond motifs is 2. The Hall–Kier alpha value is -0.960. The van der Waals surface area contributed by atoms with Crippen molar-refractivity contribution in [2.75, 3.05) is 19.6 Å². The second kappa shape index (κ2) is 3.81. The standard InChI is InChI=1S/C13H19N3/c1-9(2)12-13(15-5-4-14-12)11-8-16-6-3-10(11)7-16/h4-5,9-11H,3,6-8H2,1-2H3/t10-,11-/m1/s1. The van der Waals surface area contributed by atoms with Gasteiger partial charge in [-0.2, -0.15) is 0 Å². The van der Waals surface area contributed by atoms with E-state index in [0.717, 1.165) is 5.92 Å². The van der Waals surface area contributed by atoms with Crippen molar-refractivity contribution in [3.05, 3.63) is 23.8 Å². The third-order valence-electron chi connectivity index (χ3n) is 3.99. The first-order valence-corrected chi connectivity index (χ1v) is 6.29. The second-order valence-electron chi connectivity index (χ2n) is 5.40. The van der Waals surface area contributed by atoms with Crippen LogP contribution in [0.2, 0.25) is 0 Å². The Morgan fingerprint density at radius 3 is 2.69 bits per heavy atom. The largest absolute Gasteiger partial charge is 0.302 e. The van der Waals surface area contributed by atoms with Crippen molar-refractivity contribution in [3.63, 3.8) is 0 Å². The molecule has 0 radical (unpaired) electrons. The first kappa shape index (κ1) is 10.2. The number of hydrogen-bond donors (Lipinski definition) is 0. The van der Waals surface area contributed by atoms with Crippen LogP contribution >= 0.6 is 0 Å². The number of aromatic nitrogens is 2. The molecule has 2 fully saturated rings. The Morgan fingerprint density at radius 1 is 1.25 bits per heavy atom. The predicted molar refractivity (Wildman–Crippen MR) is 63.4 cm³/mol. The van der Waals surface area contributed by atoms with Crippen LogP contribution in [0.25, 0.3) is 0 Å². The molecule has 2 bridgehead atoms. The Bertz CT molecular complexity index is 389. The summed E-state index contributed by atoms with van der Waals surface area (Å²) in [5.74, 6) is 1.95. The maximum absolute atomic E-state index is 4.61. The topological polar surface area (TPSA) is 29.0 Å². The Morgan fingerprint density at radius 2 is 2.06 bits per heavy atom. The van der Waals surface area contributed by atoms with Gasteiger partial charge in [-0.05, 0) is 24.8 Å². The highest BCUT2D eigenvalue weighted by atomic mass is 15.2. The molecule has 1 aromatic heterocycles. The Labute approximate surface area is 96.9 Å². The van der Waals surface area contributed by atoms with Crippen molar-refractivity contribution in [1.82, 2.24) is 14.9 Å². The molecule has 3 rings (SSSR count). The summed E-state index contributed by atoms with van der Waals surface area (Å²) >= 11 is 0. The third-order valence-corrected chi connectivity index (χ3v) is 3.99. The van der Waals surface area contributed by atoms with Gasteiger partial charge >= 0.3 is 0 Å². The molecule has 2 aliphatic heterocycles. The molecule has 0 saturated carbocycles. The maximum atomic E-state index is 4.61. The number of hydrogen-bond acceptors (Lipinski definition) is 3. The molecular formula is C13H19N3. The minimum Gasteiger partial charge on any atom is -0.302 e. The molecular weight excluding hydrogens is 198 g/mol. The Kier molecular flexibility index (Phi) is 2.43. The number of rotatable bonds is 2. The molecule has 0 spiro atoms. The van der Waals surface area contributed by atoms with E-state index in [-0.39, 0.29) is 0 Å². The van der Waals surface area contributed by atoms with E-state index in [1.54, 1.807) is 0 Å². The first-order valence-electron chi connectivity index (χ1n) is 6.29. The van der Waals surface area contributed by atoms with Gasteiger partial charge in [-0.3, -0.25) is 9.97 Å². The van der Waals surface area contributed by atoms with Crippen LogP contribution < -0.4 is 0 Å². The van der Waals surface area contributed by atoms with E-state index in [9.17, 15) is 0 Å². The highest BCUT2D eigenvalue weighted by molar-refractivity contribution is 5.22. The average molecular weight is 217 g/mol. The molecule has 3 heterocycles. The first-order chi connectivity index (χ1) is 7.75. The van der Waals surface area contributed by atoms with Crippen LogP contribution in [0, 0.1) is 5.92 Å². The van der Waals surface area contributed by atoms with Gasteiger partial charge in [-0.25, -0.2) is 0 Å². The maximum Gasteiger partial charge on any atom is 0.0668 e. The van der Waals surface area contributed by atoms with Crippen molar-refractivity contribution in [3.8, 4) is 0 Å². The molecule has 0 aliphatic carbocycles. The molecule has 2 aliphatic rings. The zero-order valence-electron chi connectivity index (χ0n) is 10.1. The molecule has 3 atom stereocenters. The lowest BCUT2D eigenvalue weighted by molar-refractivity contribution is 0.342. The molecule has 2 saturated heterocycles. The van der Waals surface area contributed by atoms with Crippen LogP contribution in [0.5, 0.6) is 0 Å². The normalized spacial score (nSPS) is 32.6. The molecule has 16 heavy (non-hydrogen) atoms. The fourth-order valence-corrected chi connectivity index (χ4v) is 3.18. The highest BCUT2D eigenvalue weighted by Crippen LogP contribution is 2.40. The van der Waals surface area contributed by atoms with Crippen molar-refractivity contribution in [2.45, 2.75) is 32.1 Å². The van der Waals surface area contributed by atoms with Crippen LogP contribution in [-0.4, -0.2) is 34.5 Å². The highest BCUT2D eigenvalue weighted by Gasteiger charge is 2.40. The predicted octanol–water partition coefficient (Wildman–Crippen LogP) is 2.02. The van der Waals surface area contributed by atoms with Crippen LogP contribution in [0.15, 0.2) is 12.4 Å². The fourth-order valence-electron chi connectivity index (χ4n) is 3.18. The van der Waals surface area contributed by atoms with E-state index in [1.807, 2.05) is 12.4 Å². The molecule has 1 unspecified atom stereocenters. The zero-order chi connectivity index (χ0) is 11.1. The van der Waals surface area contributed by atoms with Crippen LogP contribution in [-0.2, 0) is 0 Å². The van der Waals surface area contributed by atoms with E-state index < -0.39 is 0 Å². The SMILES string of the molecule is CC(C)c1nccnc1[C@@H]1CN2CC[C@@H]1C2. The molecule has 0 N–H and O–H groups in total. The van der Waals surface area contributed by atoms with Gasteiger partial charge in [0.15, 0.2) is 0 Å². The summed E-state index contributed by atoms with van der Waals surface area (Å²) in [5, 5.41) is 0. The van der Waals surface area contributed by atoms with Gasteiger partial charge in [0.05, 0.1) is 11.4 Å². The third kappa shape index (κ3) is 1.54. The lowest BCUT2D eigenvalue weighted by Crippen LogP contribution is -2.24. The van der Waals surface area contributed by atoms with E-state index in [0.29, 0.717) is 11.8 Å². The van der Waals surface area contributed by atoms with Crippen LogP contribution in [0.4, 0.5) is 0 Å². The second-order valence-corrected chi connectivity index (χ2v) is 5.40. The lowest BCUT2D eigenvalue weighted by Gasteiger charge is -2.23. The zero-order valence-corrected chi connectivity index (χ0v) is 10.1. The fraction of sp³-hybridized carbons (Fsp3) is 0.692. The minimum atomic E-state index is 0.484. The molecule has 86 valence electrons.